The summed E-state index contributed by atoms with van der Waals surface area (Å²) in [5.74, 6) is 0.282. The third kappa shape index (κ3) is 2.45. The summed E-state index contributed by atoms with van der Waals surface area (Å²) in [6.07, 6.45) is 3.71. The minimum absolute atomic E-state index is 0.211. The number of hydrogen-bond acceptors (Lipinski definition) is 3. The van der Waals surface area contributed by atoms with E-state index >= 15 is 0 Å². The number of amides is 1. The Morgan fingerprint density at radius 2 is 2.06 bits per heavy atom. The van der Waals surface area contributed by atoms with Crippen LogP contribution in [-0.4, -0.2) is 34.5 Å². The molecule has 0 bridgehead atoms. The van der Waals surface area contributed by atoms with Gasteiger partial charge in [-0.15, -0.1) is 0 Å². The number of nitrogens with zero attached hydrogens (tertiary/aromatic N) is 1. The zero-order valence-electron chi connectivity index (χ0n) is 10.9. The molecule has 1 unspecified atom stereocenters. The lowest BCUT2D eigenvalue weighted by atomic mass is 9.72. The Bertz CT molecular complexity index is 345. The van der Waals surface area contributed by atoms with E-state index in [-0.39, 0.29) is 17.4 Å². The Morgan fingerprint density at radius 1 is 1.35 bits per heavy atom. The second-order valence-corrected chi connectivity index (χ2v) is 6.18. The maximum atomic E-state index is 12.0. The lowest BCUT2D eigenvalue weighted by molar-refractivity contribution is -0.129. The van der Waals surface area contributed by atoms with Crippen LogP contribution < -0.4 is 0 Å². The minimum Gasteiger partial charge on any atom is -0.444 e. The molecule has 0 N–H and O–H groups in total. The van der Waals surface area contributed by atoms with Crippen LogP contribution >= 0.6 is 0 Å². The fourth-order valence-corrected chi connectivity index (χ4v) is 2.74. The SMILES string of the molecule is CC(C)(C)OC(=O)N1CCC12CCCC(=O)C2. The second kappa shape index (κ2) is 4.00. The lowest BCUT2D eigenvalue weighted by Gasteiger charge is -2.54. The van der Waals surface area contributed by atoms with Crippen LogP contribution in [0.15, 0.2) is 0 Å². The third-order valence-corrected chi connectivity index (χ3v) is 3.61. The van der Waals surface area contributed by atoms with Gasteiger partial charge in [0.15, 0.2) is 0 Å². The first-order valence-electron chi connectivity index (χ1n) is 6.35. The van der Waals surface area contributed by atoms with Crippen molar-refractivity contribution in [2.24, 2.45) is 0 Å². The average molecular weight is 239 g/mol. The van der Waals surface area contributed by atoms with Crippen LogP contribution in [0.3, 0.4) is 0 Å². The highest BCUT2D eigenvalue weighted by molar-refractivity contribution is 5.82. The summed E-state index contributed by atoms with van der Waals surface area (Å²) in [6.45, 7) is 6.32. The first kappa shape index (κ1) is 12.4. The van der Waals surface area contributed by atoms with E-state index in [9.17, 15) is 9.59 Å². The largest absolute Gasteiger partial charge is 0.444 e. The van der Waals surface area contributed by atoms with Gasteiger partial charge in [-0.3, -0.25) is 4.79 Å². The van der Waals surface area contributed by atoms with Gasteiger partial charge >= 0.3 is 6.09 Å². The maximum Gasteiger partial charge on any atom is 0.410 e. The summed E-state index contributed by atoms with van der Waals surface area (Å²) in [4.78, 5) is 25.3. The van der Waals surface area contributed by atoms with Crippen LogP contribution in [0.5, 0.6) is 0 Å². The molecule has 17 heavy (non-hydrogen) atoms. The molecule has 0 aromatic heterocycles. The van der Waals surface area contributed by atoms with E-state index in [1.807, 2.05) is 20.8 Å². The molecule has 2 rings (SSSR count). The minimum atomic E-state index is -0.466. The summed E-state index contributed by atoms with van der Waals surface area (Å²) in [5.41, 5.74) is -0.676. The van der Waals surface area contributed by atoms with E-state index in [2.05, 4.69) is 0 Å². The standard InChI is InChI=1S/C13H21NO3/c1-12(2,3)17-11(16)14-8-7-13(14)6-4-5-10(15)9-13/h4-9H2,1-3H3. The topological polar surface area (TPSA) is 46.6 Å². The van der Waals surface area contributed by atoms with Gasteiger partial charge in [-0.2, -0.15) is 0 Å². The summed E-state index contributed by atoms with van der Waals surface area (Å²) in [6, 6.07) is 0. The van der Waals surface area contributed by atoms with Crippen molar-refractivity contribution in [3.8, 4) is 0 Å². The van der Waals surface area contributed by atoms with Crippen LogP contribution in [0.1, 0.15) is 52.9 Å². The lowest BCUT2D eigenvalue weighted by Crippen LogP contribution is -2.64. The Morgan fingerprint density at radius 3 is 2.53 bits per heavy atom. The summed E-state index contributed by atoms with van der Waals surface area (Å²) in [7, 11) is 0. The Labute approximate surface area is 102 Å². The predicted molar refractivity (Wildman–Crippen MR) is 63.8 cm³/mol. The molecule has 1 aliphatic carbocycles. The van der Waals surface area contributed by atoms with Gasteiger partial charge in [0.25, 0.3) is 0 Å². The zero-order valence-corrected chi connectivity index (χ0v) is 10.9. The highest BCUT2D eigenvalue weighted by Gasteiger charge is 2.50. The van der Waals surface area contributed by atoms with Gasteiger partial charge in [-0.05, 0) is 40.0 Å². The zero-order chi connectivity index (χ0) is 12.7. The molecule has 1 heterocycles. The first-order valence-corrected chi connectivity index (χ1v) is 6.35. The highest BCUT2D eigenvalue weighted by atomic mass is 16.6. The normalized spacial score (nSPS) is 29.1. The van der Waals surface area contributed by atoms with Gasteiger partial charge in [-0.1, -0.05) is 0 Å². The first-order chi connectivity index (χ1) is 7.82. The number of likely N-dealkylation sites (tertiary alicyclic amines) is 1. The second-order valence-electron chi connectivity index (χ2n) is 6.18. The molecule has 2 fully saturated rings. The maximum absolute atomic E-state index is 12.0. The van der Waals surface area contributed by atoms with Gasteiger partial charge in [-0.25, -0.2) is 4.79 Å². The Balaban J connectivity index is 2.02. The molecule has 0 aromatic rings. The third-order valence-electron chi connectivity index (χ3n) is 3.61. The van der Waals surface area contributed by atoms with Crippen molar-refractivity contribution in [1.82, 2.24) is 4.90 Å². The molecule has 4 nitrogen and oxygen atoms in total. The smallest absolute Gasteiger partial charge is 0.410 e. The molecule has 2 aliphatic rings. The predicted octanol–water partition coefficient (Wildman–Crippen LogP) is 2.51. The van der Waals surface area contributed by atoms with Crippen LogP contribution in [0.4, 0.5) is 4.79 Å². The number of Topliss-reactive ketones (excluding diaryl/α,β-unsaturated/α-hetero) is 1. The average Bonchev–Trinajstić information content (AvgIpc) is 2.12. The fourth-order valence-electron chi connectivity index (χ4n) is 2.74. The summed E-state index contributed by atoms with van der Waals surface area (Å²) >= 11 is 0. The van der Waals surface area contributed by atoms with E-state index in [1.54, 1.807) is 4.90 Å². The van der Waals surface area contributed by atoms with E-state index in [0.717, 1.165) is 25.8 Å². The highest BCUT2D eigenvalue weighted by Crippen LogP contribution is 2.42. The van der Waals surface area contributed by atoms with Crippen molar-refractivity contribution in [2.45, 2.75) is 64.0 Å². The molecule has 1 saturated heterocycles. The van der Waals surface area contributed by atoms with Gasteiger partial charge < -0.3 is 9.64 Å². The van der Waals surface area contributed by atoms with E-state index in [1.165, 1.54) is 0 Å². The molecule has 1 amide bonds. The van der Waals surface area contributed by atoms with Crippen LogP contribution in [0.2, 0.25) is 0 Å². The van der Waals surface area contributed by atoms with Crippen molar-refractivity contribution in [3.05, 3.63) is 0 Å². The van der Waals surface area contributed by atoms with Gasteiger partial charge in [0.05, 0.1) is 5.54 Å². The number of ketones is 1. The van der Waals surface area contributed by atoms with Crippen molar-refractivity contribution in [2.75, 3.05) is 6.54 Å². The summed E-state index contributed by atoms with van der Waals surface area (Å²) in [5, 5.41) is 0. The van der Waals surface area contributed by atoms with E-state index in [4.69, 9.17) is 4.74 Å². The molecule has 1 aliphatic heterocycles. The number of hydrogen-bond donors (Lipinski definition) is 0. The summed E-state index contributed by atoms with van der Waals surface area (Å²) < 4.78 is 5.38. The Kier molecular flexibility index (Phi) is 2.92. The molecular weight excluding hydrogens is 218 g/mol. The number of ether oxygens (including phenoxy) is 1. The molecule has 0 aromatic carbocycles. The van der Waals surface area contributed by atoms with Crippen LogP contribution in [0.25, 0.3) is 0 Å². The fraction of sp³-hybridized carbons (Fsp3) is 0.846. The number of carbonyl (C=O) groups is 2. The van der Waals surface area contributed by atoms with Crippen molar-refractivity contribution < 1.29 is 14.3 Å². The molecule has 0 radical (unpaired) electrons. The van der Waals surface area contributed by atoms with Crippen LogP contribution in [-0.2, 0) is 9.53 Å². The molecular formula is C13H21NO3. The quantitative estimate of drug-likeness (QED) is 0.652. The molecule has 96 valence electrons. The van der Waals surface area contributed by atoms with Crippen molar-refractivity contribution >= 4 is 11.9 Å². The Hall–Kier alpha value is -1.06. The van der Waals surface area contributed by atoms with E-state index in [0.29, 0.717) is 12.8 Å². The van der Waals surface area contributed by atoms with Crippen LogP contribution in [0, 0.1) is 0 Å². The van der Waals surface area contributed by atoms with Gasteiger partial charge in [0.2, 0.25) is 0 Å². The number of rotatable bonds is 0. The molecule has 4 heteroatoms. The molecule has 1 saturated carbocycles. The number of carbonyl (C=O) groups excluding carboxylic acids is 2. The van der Waals surface area contributed by atoms with Gasteiger partial charge in [0.1, 0.15) is 11.4 Å². The van der Waals surface area contributed by atoms with Gasteiger partial charge in [0, 0.05) is 19.4 Å². The van der Waals surface area contributed by atoms with Crippen molar-refractivity contribution in [1.29, 1.82) is 0 Å². The molecule has 1 spiro atoms. The monoisotopic (exact) mass is 239 g/mol. The van der Waals surface area contributed by atoms with Crippen molar-refractivity contribution in [3.63, 3.8) is 0 Å². The van der Waals surface area contributed by atoms with E-state index < -0.39 is 5.60 Å². The molecule has 1 atom stereocenters.